The van der Waals surface area contributed by atoms with Crippen molar-refractivity contribution in [3.8, 4) is 0 Å². The van der Waals surface area contributed by atoms with Crippen LogP contribution in [0.25, 0.3) is 0 Å². The van der Waals surface area contributed by atoms with E-state index in [4.69, 9.17) is 4.98 Å². The predicted molar refractivity (Wildman–Crippen MR) is 86.8 cm³/mol. The maximum Gasteiger partial charge on any atom is 0.185 e. The number of fused-ring (bicyclic) bond motifs is 1. The topological polar surface area (TPSA) is 28.2 Å². The lowest BCUT2D eigenvalue weighted by atomic mass is 9.98. The van der Waals surface area contributed by atoms with Crippen molar-refractivity contribution in [2.24, 2.45) is 0 Å². The van der Waals surface area contributed by atoms with Crippen LogP contribution in [-0.4, -0.2) is 24.6 Å². The maximum atomic E-state index is 5.03. The van der Waals surface area contributed by atoms with Crippen molar-refractivity contribution in [2.45, 2.75) is 64.3 Å². The molecule has 2 aliphatic rings. The third kappa shape index (κ3) is 3.17. The summed E-state index contributed by atoms with van der Waals surface area (Å²) in [6, 6.07) is 0.503. The molecule has 1 aromatic rings. The number of anilines is 1. The van der Waals surface area contributed by atoms with E-state index in [2.05, 4.69) is 17.1 Å². The Morgan fingerprint density at radius 3 is 2.65 bits per heavy atom. The van der Waals surface area contributed by atoms with Gasteiger partial charge in [0.2, 0.25) is 0 Å². The molecule has 1 unspecified atom stereocenters. The van der Waals surface area contributed by atoms with Gasteiger partial charge in [0.25, 0.3) is 0 Å². The van der Waals surface area contributed by atoms with E-state index in [-0.39, 0.29) is 0 Å². The third-order valence-corrected chi connectivity index (χ3v) is 5.71. The zero-order valence-electron chi connectivity index (χ0n) is 12.7. The molecule has 1 aromatic heterocycles. The lowest BCUT2D eigenvalue weighted by Crippen LogP contribution is -2.27. The van der Waals surface area contributed by atoms with E-state index in [0.717, 1.165) is 6.54 Å². The number of hydrogen-bond donors (Lipinski definition) is 1. The average molecular weight is 293 g/mol. The largest absolute Gasteiger partial charge is 0.348 e. The predicted octanol–water partition coefficient (Wildman–Crippen LogP) is 3.90. The van der Waals surface area contributed by atoms with E-state index in [0.29, 0.717) is 6.04 Å². The van der Waals surface area contributed by atoms with E-state index in [9.17, 15) is 0 Å². The SMILES string of the molecule is CCNC1CCCc2sc(N3CCCCCCC3)nc21. The molecule has 1 fully saturated rings. The molecule has 0 radical (unpaired) electrons. The monoisotopic (exact) mass is 293 g/mol. The number of nitrogens with one attached hydrogen (secondary N) is 1. The number of thiazole rings is 1. The summed E-state index contributed by atoms with van der Waals surface area (Å²) in [5.41, 5.74) is 1.36. The van der Waals surface area contributed by atoms with Crippen molar-refractivity contribution < 1.29 is 0 Å². The van der Waals surface area contributed by atoms with Crippen LogP contribution in [0.4, 0.5) is 5.13 Å². The molecule has 1 aliphatic heterocycles. The van der Waals surface area contributed by atoms with Gasteiger partial charge in [-0.2, -0.15) is 0 Å². The molecule has 1 N–H and O–H groups in total. The zero-order valence-corrected chi connectivity index (χ0v) is 13.5. The fourth-order valence-electron chi connectivity index (χ4n) is 3.42. The molecule has 112 valence electrons. The van der Waals surface area contributed by atoms with Crippen molar-refractivity contribution in [2.75, 3.05) is 24.5 Å². The van der Waals surface area contributed by atoms with Crippen molar-refractivity contribution in [3.63, 3.8) is 0 Å². The Morgan fingerprint density at radius 2 is 1.90 bits per heavy atom. The second-order valence-corrected chi connectivity index (χ2v) is 7.12. The molecule has 3 rings (SSSR count). The number of rotatable bonds is 3. The Hall–Kier alpha value is -0.610. The second-order valence-electron chi connectivity index (χ2n) is 6.06. The van der Waals surface area contributed by atoms with E-state index in [1.807, 2.05) is 11.3 Å². The molecular weight excluding hydrogens is 266 g/mol. The van der Waals surface area contributed by atoms with Crippen LogP contribution in [0.1, 0.15) is 68.5 Å². The van der Waals surface area contributed by atoms with Crippen LogP contribution >= 0.6 is 11.3 Å². The number of aryl methyl sites for hydroxylation is 1. The van der Waals surface area contributed by atoms with Gasteiger partial charge in [0.1, 0.15) is 0 Å². The van der Waals surface area contributed by atoms with Crippen LogP contribution in [0.15, 0.2) is 0 Å². The van der Waals surface area contributed by atoms with Crippen LogP contribution in [-0.2, 0) is 6.42 Å². The van der Waals surface area contributed by atoms with Gasteiger partial charge < -0.3 is 10.2 Å². The molecule has 0 saturated carbocycles. The summed E-state index contributed by atoms with van der Waals surface area (Å²) >= 11 is 1.96. The highest BCUT2D eigenvalue weighted by Crippen LogP contribution is 2.37. The summed E-state index contributed by atoms with van der Waals surface area (Å²) in [5, 5.41) is 4.90. The quantitative estimate of drug-likeness (QED) is 0.916. The van der Waals surface area contributed by atoms with E-state index in [1.54, 1.807) is 4.88 Å². The Bertz CT molecular complexity index is 421. The first kappa shape index (κ1) is 14.3. The Morgan fingerprint density at radius 1 is 1.15 bits per heavy atom. The van der Waals surface area contributed by atoms with Crippen LogP contribution in [0.2, 0.25) is 0 Å². The van der Waals surface area contributed by atoms with Gasteiger partial charge in [0, 0.05) is 18.0 Å². The molecular formula is C16H27N3S. The molecule has 1 saturated heterocycles. The Kier molecular flexibility index (Phi) is 4.94. The van der Waals surface area contributed by atoms with Crippen molar-refractivity contribution in [1.82, 2.24) is 10.3 Å². The summed E-state index contributed by atoms with van der Waals surface area (Å²) in [6.45, 7) is 5.65. The standard InChI is InChI=1S/C16H27N3S/c1-2-17-13-9-8-10-14-15(13)18-16(20-14)19-11-6-4-3-5-7-12-19/h13,17H,2-12H2,1H3. The lowest BCUT2D eigenvalue weighted by molar-refractivity contribution is 0.465. The lowest BCUT2D eigenvalue weighted by Gasteiger charge is -2.24. The molecule has 2 heterocycles. The summed E-state index contributed by atoms with van der Waals surface area (Å²) in [6.07, 6.45) is 10.7. The van der Waals surface area contributed by atoms with Crippen molar-refractivity contribution in [3.05, 3.63) is 10.6 Å². The summed E-state index contributed by atoms with van der Waals surface area (Å²) in [5.74, 6) is 0. The fourth-order valence-corrected chi connectivity index (χ4v) is 4.64. The van der Waals surface area contributed by atoms with Crippen LogP contribution in [0, 0.1) is 0 Å². The second kappa shape index (κ2) is 6.90. The van der Waals surface area contributed by atoms with E-state index in [1.165, 1.54) is 75.3 Å². The molecule has 1 atom stereocenters. The van der Waals surface area contributed by atoms with Gasteiger partial charge in [-0.1, -0.05) is 26.2 Å². The van der Waals surface area contributed by atoms with Gasteiger partial charge in [-0.15, -0.1) is 11.3 Å². The van der Waals surface area contributed by atoms with Gasteiger partial charge in [-0.25, -0.2) is 4.98 Å². The van der Waals surface area contributed by atoms with Crippen molar-refractivity contribution >= 4 is 16.5 Å². The molecule has 0 aromatic carbocycles. The highest BCUT2D eigenvalue weighted by Gasteiger charge is 2.25. The van der Waals surface area contributed by atoms with Gasteiger partial charge >= 0.3 is 0 Å². The molecule has 1 aliphatic carbocycles. The first-order chi connectivity index (χ1) is 9.88. The highest BCUT2D eigenvalue weighted by atomic mass is 32.1. The van der Waals surface area contributed by atoms with Gasteiger partial charge in [-0.05, 0) is 38.6 Å². The highest BCUT2D eigenvalue weighted by molar-refractivity contribution is 7.15. The van der Waals surface area contributed by atoms with E-state index >= 15 is 0 Å². The first-order valence-corrected chi connectivity index (χ1v) is 9.18. The van der Waals surface area contributed by atoms with E-state index < -0.39 is 0 Å². The summed E-state index contributed by atoms with van der Waals surface area (Å²) < 4.78 is 0. The average Bonchev–Trinajstić information content (AvgIpc) is 2.83. The molecule has 0 spiro atoms. The molecule has 3 nitrogen and oxygen atoms in total. The van der Waals surface area contributed by atoms with Crippen LogP contribution in [0.3, 0.4) is 0 Å². The van der Waals surface area contributed by atoms with Crippen LogP contribution < -0.4 is 10.2 Å². The van der Waals surface area contributed by atoms with Gasteiger partial charge in [0.15, 0.2) is 5.13 Å². The van der Waals surface area contributed by atoms with Gasteiger partial charge in [0.05, 0.1) is 11.7 Å². The Balaban J connectivity index is 1.76. The van der Waals surface area contributed by atoms with Gasteiger partial charge in [-0.3, -0.25) is 0 Å². The minimum Gasteiger partial charge on any atom is -0.348 e. The van der Waals surface area contributed by atoms with Crippen LogP contribution in [0.5, 0.6) is 0 Å². The third-order valence-electron chi connectivity index (χ3n) is 4.52. The zero-order chi connectivity index (χ0) is 13.8. The maximum absolute atomic E-state index is 5.03. The summed E-state index contributed by atoms with van der Waals surface area (Å²) in [4.78, 5) is 9.12. The minimum absolute atomic E-state index is 0.503. The normalized spacial score (nSPS) is 24.1. The fraction of sp³-hybridized carbons (Fsp3) is 0.812. The summed E-state index contributed by atoms with van der Waals surface area (Å²) in [7, 11) is 0. The Labute approximate surface area is 126 Å². The molecule has 20 heavy (non-hydrogen) atoms. The number of hydrogen-bond acceptors (Lipinski definition) is 4. The van der Waals surface area contributed by atoms with Crippen molar-refractivity contribution in [1.29, 1.82) is 0 Å². The number of nitrogens with zero attached hydrogens (tertiary/aromatic N) is 2. The minimum atomic E-state index is 0.503. The number of aromatic nitrogens is 1. The molecule has 0 bridgehead atoms. The first-order valence-electron chi connectivity index (χ1n) is 8.36. The molecule has 0 amide bonds. The smallest absolute Gasteiger partial charge is 0.185 e. The molecule has 4 heteroatoms.